The van der Waals surface area contributed by atoms with Gasteiger partial charge in [-0.2, -0.15) is 0 Å². The van der Waals surface area contributed by atoms with Gasteiger partial charge in [-0.25, -0.2) is 0 Å². The highest BCUT2D eigenvalue weighted by Crippen LogP contribution is 2.22. The van der Waals surface area contributed by atoms with Crippen molar-refractivity contribution in [1.29, 1.82) is 0 Å². The first-order chi connectivity index (χ1) is 5.29. The Morgan fingerprint density at radius 1 is 1.64 bits per heavy atom. The van der Waals surface area contributed by atoms with E-state index in [2.05, 4.69) is 6.08 Å². The molecule has 62 valence electrons. The van der Waals surface area contributed by atoms with Crippen LogP contribution in [0.4, 0.5) is 0 Å². The number of amides is 1. The Hall–Kier alpha value is -0.790. The van der Waals surface area contributed by atoms with E-state index in [0.717, 1.165) is 12.8 Å². The maximum absolute atomic E-state index is 10.4. The molecule has 2 heteroatoms. The lowest BCUT2D eigenvalue weighted by Crippen LogP contribution is -2.09. The van der Waals surface area contributed by atoms with Crippen LogP contribution in [0.3, 0.4) is 0 Å². The summed E-state index contributed by atoms with van der Waals surface area (Å²) in [5, 5.41) is 0. The molecule has 1 rings (SSSR count). The highest BCUT2D eigenvalue weighted by Gasteiger charge is 2.04. The molecule has 2 N–H and O–H groups in total. The van der Waals surface area contributed by atoms with Gasteiger partial charge in [0, 0.05) is 6.42 Å². The van der Waals surface area contributed by atoms with Crippen LogP contribution >= 0.6 is 0 Å². The average Bonchev–Trinajstić information content (AvgIpc) is 2.39. The molecule has 0 heterocycles. The van der Waals surface area contributed by atoms with Crippen LogP contribution in [0.1, 0.15) is 38.5 Å². The van der Waals surface area contributed by atoms with Crippen molar-refractivity contribution in [1.82, 2.24) is 0 Å². The van der Waals surface area contributed by atoms with Gasteiger partial charge in [0.2, 0.25) is 5.91 Å². The number of primary amides is 1. The van der Waals surface area contributed by atoms with Gasteiger partial charge in [0.05, 0.1) is 0 Å². The highest BCUT2D eigenvalue weighted by atomic mass is 16.1. The fourth-order valence-corrected chi connectivity index (χ4v) is 1.45. The van der Waals surface area contributed by atoms with Crippen molar-refractivity contribution >= 4 is 5.91 Å². The highest BCUT2D eigenvalue weighted by molar-refractivity contribution is 5.73. The Morgan fingerprint density at radius 3 is 3.00 bits per heavy atom. The molecule has 0 saturated carbocycles. The molecule has 11 heavy (non-hydrogen) atoms. The number of hydrogen-bond donors (Lipinski definition) is 1. The van der Waals surface area contributed by atoms with Gasteiger partial charge in [-0.3, -0.25) is 4.79 Å². The maximum atomic E-state index is 10.4. The zero-order valence-electron chi connectivity index (χ0n) is 6.81. The Morgan fingerprint density at radius 2 is 2.45 bits per heavy atom. The summed E-state index contributed by atoms with van der Waals surface area (Å²) in [6, 6.07) is 0. The second-order valence-electron chi connectivity index (χ2n) is 3.07. The quantitative estimate of drug-likeness (QED) is 0.614. The van der Waals surface area contributed by atoms with Crippen molar-refractivity contribution in [2.75, 3.05) is 0 Å². The van der Waals surface area contributed by atoms with Crippen molar-refractivity contribution in [3.8, 4) is 0 Å². The minimum absolute atomic E-state index is 0.177. The maximum Gasteiger partial charge on any atom is 0.217 e. The summed E-state index contributed by atoms with van der Waals surface area (Å²) in [6.07, 6.45) is 8.60. The molecule has 1 aliphatic carbocycles. The molecule has 0 aromatic heterocycles. The van der Waals surface area contributed by atoms with Gasteiger partial charge in [-0.1, -0.05) is 11.6 Å². The zero-order chi connectivity index (χ0) is 8.10. The molecule has 0 aromatic rings. The third-order valence-electron chi connectivity index (χ3n) is 2.06. The minimum atomic E-state index is -0.177. The fourth-order valence-electron chi connectivity index (χ4n) is 1.45. The van der Waals surface area contributed by atoms with Crippen LogP contribution in [0.15, 0.2) is 11.6 Å². The molecule has 0 radical (unpaired) electrons. The van der Waals surface area contributed by atoms with Crippen LogP contribution in [-0.2, 0) is 4.79 Å². The normalized spacial score (nSPS) is 16.5. The average molecular weight is 153 g/mol. The number of allylic oxidation sites excluding steroid dienone is 2. The number of carbonyl (C=O) groups is 1. The zero-order valence-corrected chi connectivity index (χ0v) is 6.81. The molecule has 0 fully saturated rings. The van der Waals surface area contributed by atoms with Crippen LogP contribution in [0.5, 0.6) is 0 Å². The Bertz CT molecular complexity index is 172. The summed E-state index contributed by atoms with van der Waals surface area (Å²) in [5.74, 6) is -0.177. The molecule has 0 unspecified atom stereocenters. The summed E-state index contributed by atoms with van der Waals surface area (Å²) >= 11 is 0. The van der Waals surface area contributed by atoms with Crippen molar-refractivity contribution in [3.05, 3.63) is 11.6 Å². The molecule has 1 aliphatic rings. The van der Waals surface area contributed by atoms with E-state index in [4.69, 9.17) is 5.73 Å². The predicted octanol–water partition coefficient (Wildman–Crippen LogP) is 1.75. The number of nitrogens with two attached hydrogens (primary N) is 1. The topological polar surface area (TPSA) is 43.1 Å². The summed E-state index contributed by atoms with van der Waals surface area (Å²) in [5.41, 5.74) is 6.54. The smallest absolute Gasteiger partial charge is 0.217 e. The van der Waals surface area contributed by atoms with E-state index >= 15 is 0 Å². The molecule has 0 saturated heterocycles. The third-order valence-corrected chi connectivity index (χ3v) is 2.06. The van der Waals surface area contributed by atoms with E-state index in [1.165, 1.54) is 24.8 Å². The molecule has 0 aliphatic heterocycles. The van der Waals surface area contributed by atoms with Gasteiger partial charge < -0.3 is 5.73 Å². The van der Waals surface area contributed by atoms with Gasteiger partial charge in [-0.15, -0.1) is 0 Å². The van der Waals surface area contributed by atoms with E-state index in [0.29, 0.717) is 6.42 Å². The number of carbonyl (C=O) groups excluding carboxylic acids is 1. The van der Waals surface area contributed by atoms with Crippen LogP contribution in [0.2, 0.25) is 0 Å². The van der Waals surface area contributed by atoms with E-state index in [9.17, 15) is 4.79 Å². The summed E-state index contributed by atoms with van der Waals surface area (Å²) in [7, 11) is 0. The molecule has 2 nitrogen and oxygen atoms in total. The van der Waals surface area contributed by atoms with Gasteiger partial charge in [0.1, 0.15) is 0 Å². The Kier molecular flexibility index (Phi) is 3.14. The van der Waals surface area contributed by atoms with Crippen LogP contribution in [-0.4, -0.2) is 5.91 Å². The van der Waals surface area contributed by atoms with Crippen molar-refractivity contribution in [2.24, 2.45) is 5.73 Å². The first-order valence-electron chi connectivity index (χ1n) is 4.25. The standard InChI is InChI=1S/C9H15NO/c10-9(11)7-3-6-8-4-1-2-5-8/h4H,1-3,5-7H2,(H2,10,11). The predicted molar refractivity (Wildman–Crippen MR) is 45.0 cm³/mol. The van der Waals surface area contributed by atoms with Crippen LogP contribution in [0, 0.1) is 0 Å². The largest absolute Gasteiger partial charge is 0.370 e. The number of rotatable bonds is 4. The molecule has 0 bridgehead atoms. The second-order valence-corrected chi connectivity index (χ2v) is 3.07. The lowest BCUT2D eigenvalue weighted by Gasteiger charge is -1.98. The second kappa shape index (κ2) is 4.16. The molecule has 1 amide bonds. The third kappa shape index (κ3) is 3.21. The number of hydrogen-bond acceptors (Lipinski definition) is 1. The van der Waals surface area contributed by atoms with Crippen LogP contribution in [0.25, 0.3) is 0 Å². The van der Waals surface area contributed by atoms with Gasteiger partial charge in [0.15, 0.2) is 0 Å². The lowest BCUT2D eigenvalue weighted by molar-refractivity contribution is -0.118. The van der Waals surface area contributed by atoms with E-state index in [1.54, 1.807) is 0 Å². The van der Waals surface area contributed by atoms with E-state index in [1.807, 2.05) is 0 Å². The van der Waals surface area contributed by atoms with Crippen molar-refractivity contribution in [3.63, 3.8) is 0 Å². The summed E-state index contributed by atoms with van der Waals surface area (Å²) < 4.78 is 0. The lowest BCUT2D eigenvalue weighted by atomic mass is 10.1. The molecular formula is C9H15NO. The van der Waals surface area contributed by atoms with E-state index < -0.39 is 0 Å². The fraction of sp³-hybridized carbons (Fsp3) is 0.667. The van der Waals surface area contributed by atoms with E-state index in [-0.39, 0.29) is 5.91 Å². The summed E-state index contributed by atoms with van der Waals surface area (Å²) in [4.78, 5) is 10.4. The Balaban J connectivity index is 2.07. The Labute approximate surface area is 67.5 Å². The van der Waals surface area contributed by atoms with Crippen molar-refractivity contribution in [2.45, 2.75) is 38.5 Å². The van der Waals surface area contributed by atoms with Gasteiger partial charge in [0.25, 0.3) is 0 Å². The minimum Gasteiger partial charge on any atom is -0.370 e. The summed E-state index contributed by atoms with van der Waals surface area (Å²) in [6.45, 7) is 0. The molecule has 0 spiro atoms. The molecular weight excluding hydrogens is 138 g/mol. The SMILES string of the molecule is NC(=O)CCCC1=CCCC1. The molecule has 0 atom stereocenters. The van der Waals surface area contributed by atoms with Gasteiger partial charge in [-0.05, 0) is 32.1 Å². The monoisotopic (exact) mass is 153 g/mol. The first kappa shape index (κ1) is 8.31. The van der Waals surface area contributed by atoms with Crippen LogP contribution < -0.4 is 5.73 Å². The van der Waals surface area contributed by atoms with Crippen molar-refractivity contribution < 1.29 is 4.79 Å². The first-order valence-corrected chi connectivity index (χ1v) is 4.25. The molecule has 0 aromatic carbocycles. The van der Waals surface area contributed by atoms with Gasteiger partial charge >= 0.3 is 0 Å².